The summed E-state index contributed by atoms with van der Waals surface area (Å²) in [6.45, 7) is 8.76. The molecule has 14 nitrogen and oxygen atoms in total. The van der Waals surface area contributed by atoms with Crippen molar-refractivity contribution in [1.82, 2.24) is 16.0 Å². The first kappa shape index (κ1) is 61.3. The number of ether oxygens (including phenoxy) is 6. The van der Waals surface area contributed by atoms with Crippen LogP contribution in [0.1, 0.15) is 75.6 Å². The Bertz CT molecular complexity index is 2900. The number of methoxy groups -OCH3 is 1. The van der Waals surface area contributed by atoms with Crippen LogP contribution in [0.2, 0.25) is 0 Å². The van der Waals surface area contributed by atoms with Crippen LogP contribution >= 0.6 is 10.0 Å². The highest BCUT2D eigenvalue weighted by Gasteiger charge is 2.28. The number of hydrogen-bond donors (Lipinski definition) is 3. The number of rotatable bonds is 24. The van der Waals surface area contributed by atoms with Gasteiger partial charge in [0.1, 0.15) is 54.4 Å². The molecule has 2 amide bonds. The van der Waals surface area contributed by atoms with E-state index in [1.165, 1.54) is 0 Å². The zero-order chi connectivity index (χ0) is 56.1. The first-order valence-electron chi connectivity index (χ1n) is 26.7. The Balaban J connectivity index is 0.00000274. The molecule has 0 fully saturated rings. The van der Waals surface area contributed by atoms with Crippen LogP contribution in [0.3, 0.4) is 0 Å². The zero-order valence-electron chi connectivity index (χ0n) is 46.5. The van der Waals surface area contributed by atoms with Gasteiger partial charge in [-0.3, -0.25) is 14.9 Å². The predicted molar refractivity (Wildman–Crippen MR) is 311 cm³/mol. The Morgan fingerprint density at radius 1 is 0.744 bits per heavy atom. The average Bonchev–Trinajstić information content (AvgIpc) is 3.84. The van der Waals surface area contributed by atoms with Gasteiger partial charge >= 0.3 is 18.0 Å². The lowest BCUT2D eigenvalue weighted by atomic mass is 10.0. The fourth-order valence-corrected chi connectivity index (χ4v) is 9.08. The average molecular weight is 1080 g/mol. The Hall–Kier alpha value is -7.58. The van der Waals surface area contributed by atoms with E-state index in [1.54, 1.807) is 25.3 Å². The van der Waals surface area contributed by atoms with E-state index in [-0.39, 0.29) is 45.2 Å². The third kappa shape index (κ3) is 21.1. The molecule has 0 unspecified atom stereocenters. The molecule has 0 saturated carbocycles. The summed E-state index contributed by atoms with van der Waals surface area (Å²) in [5.74, 6) is 1.25. The standard InChI is InChI=1S/C59H66N4O10S.2C2H6/c1-68-47-27-28-50-54(38-47)62-51(45-22-12-7-13-23-45)29-30-55(50)73-49-25-15-26-52(60-39-49)57(65)63-53(58(66)71-40-42-17-8-5-9-18-42)31-33-69-48-24-14-21-44(36-48)35-46(37-56(64)70-32-16-34-74(2,3)4)61-59(67)72-41-43-19-10-6-11-20-43;2*1-2/h5-15,17-24,26-28,30,36,38,46,49,52-53,60H,16,25,31-35,37,39-41H2,1-4H3,(H,61,67)(H,63,65);2*1-2H3/t46-,49+,52-,53-;;/m0../s1. The van der Waals surface area contributed by atoms with Gasteiger partial charge in [-0.1, -0.05) is 149 Å². The molecule has 0 radical (unpaired) electrons. The third-order valence-corrected chi connectivity index (χ3v) is 13.5. The van der Waals surface area contributed by atoms with Gasteiger partial charge in [0.15, 0.2) is 0 Å². The van der Waals surface area contributed by atoms with E-state index in [2.05, 4.69) is 40.4 Å². The van der Waals surface area contributed by atoms with Crippen LogP contribution in [-0.4, -0.2) is 99.6 Å². The van der Waals surface area contributed by atoms with Crippen LogP contribution in [-0.2, 0) is 53.0 Å². The molecule has 0 aromatic heterocycles. The van der Waals surface area contributed by atoms with Crippen LogP contribution in [0.25, 0.3) is 11.5 Å². The van der Waals surface area contributed by atoms with Crippen molar-refractivity contribution in [2.75, 3.05) is 51.4 Å². The van der Waals surface area contributed by atoms with Crippen molar-refractivity contribution in [3.8, 4) is 11.5 Å². The second kappa shape index (κ2) is 32.9. The number of carbonyl (C=O) groups is 4. The lowest BCUT2D eigenvalue weighted by molar-refractivity contribution is -0.149. The lowest BCUT2D eigenvalue weighted by Crippen LogP contribution is -2.51. The number of nitrogens with one attached hydrogen (secondary N) is 3. The molecule has 15 heteroatoms. The first-order chi connectivity index (χ1) is 37.9. The third-order valence-electron chi connectivity index (χ3n) is 12.0. The largest absolute Gasteiger partial charge is 0.497 e. The van der Waals surface area contributed by atoms with E-state index in [0.29, 0.717) is 47.9 Å². The number of benzene rings is 5. The Morgan fingerprint density at radius 3 is 2.09 bits per heavy atom. The minimum Gasteiger partial charge on any atom is -0.497 e. The van der Waals surface area contributed by atoms with E-state index in [9.17, 15) is 19.2 Å². The van der Waals surface area contributed by atoms with Gasteiger partial charge in [0, 0.05) is 48.4 Å². The van der Waals surface area contributed by atoms with Crippen molar-refractivity contribution < 1.29 is 47.6 Å². The Kier molecular flexibility index (Phi) is 25.8. The van der Waals surface area contributed by atoms with Gasteiger partial charge < -0.3 is 39.1 Å². The molecule has 0 saturated heterocycles. The second-order valence-electron chi connectivity index (χ2n) is 18.8. The van der Waals surface area contributed by atoms with Crippen molar-refractivity contribution in [2.45, 2.75) is 97.2 Å². The summed E-state index contributed by atoms with van der Waals surface area (Å²) >= 11 is 0. The molecule has 4 atom stereocenters. The summed E-state index contributed by atoms with van der Waals surface area (Å²) in [7, 11) is 0.878. The summed E-state index contributed by atoms with van der Waals surface area (Å²) < 4.78 is 35.1. The maximum atomic E-state index is 14.0. The molecule has 78 heavy (non-hydrogen) atoms. The lowest BCUT2D eigenvalue weighted by Gasteiger charge is -2.24. The number of alkyl carbamates (subject to hydrolysis) is 1. The molecule has 416 valence electrons. The second-order valence-corrected chi connectivity index (χ2v) is 23.4. The molecule has 5 aromatic rings. The van der Waals surface area contributed by atoms with Crippen molar-refractivity contribution in [1.29, 1.82) is 0 Å². The summed E-state index contributed by atoms with van der Waals surface area (Å²) in [6.07, 6.45) is 12.7. The number of esters is 2. The number of amides is 2. The van der Waals surface area contributed by atoms with Gasteiger partial charge in [-0.05, 0) is 78.3 Å². The van der Waals surface area contributed by atoms with E-state index < -0.39 is 52.1 Å². The van der Waals surface area contributed by atoms with Crippen LogP contribution in [0.15, 0.2) is 162 Å². The molecule has 3 N–H and O–H groups in total. The number of hydrogen-bond acceptors (Lipinski definition) is 12. The summed E-state index contributed by atoms with van der Waals surface area (Å²) in [5.41, 5.74) is 7.29. The van der Waals surface area contributed by atoms with E-state index in [1.807, 2.05) is 161 Å². The molecule has 2 aliphatic rings. The molecule has 0 aliphatic carbocycles. The molecule has 2 aliphatic heterocycles. The first-order valence-corrected chi connectivity index (χ1v) is 29.8. The molecule has 0 spiro atoms. The molecule has 5 aromatic carbocycles. The number of carbonyl (C=O) groups excluding carboxylic acids is 4. The topological polar surface area (TPSA) is 172 Å². The van der Waals surface area contributed by atoms with Crippen LogP contribution in [0.5, 0.6) is 11.5 Å². The fourth-order valence-electron chi connectivity index (χ4n) is 8.10. The van der Waals surface area contributed by atoms with Crippen molar-refractivity contribution in [3.63, 3.8) is 0 Å². The minimum absolute atomic E-state index is 0.0223. The van der Waals surface area contributed by atoms with Crippen LogP contribution < -0.4 is 36.0 Å². The molecule has 0 bridgehead atoms. The van der Waals surface area contributed by atoms with E-state index in [0.717, 1.165) is 39.6 Å². The fraction of sp³-hybridized carbons (Fsp3) is 0.365. The van der Waals surface area contributed by atoms with Crippen molar-refractivity contribution in [3.05, 3.63) is 190 Å². The summed E-state index contributed by atoms with van der Waals surface area (Å²) in [6, 6.07) is 38.9. The summed E-state index contributed by atoms with van der Waals surface area (Å²) in [4.78, 5) is 58.7. The van der Waals surface area contributed by atoms with Crippen LogP contribution in [0, 0.1) is 0 Å². The maximum absolute atomic E-state index is 14.0. The monoisotopic (exact) mass is 1080 g/mol. The van der Waals surface area contributed by atoms with Gasteiger partial charge in [0.2, 0.25) is 5.91 Å². The molecular weight excluding hydrogens is 1000 g/mol. The Labute approximate surface area is 462 Å². The minimum atomic E-state index is -1.05. The van der Waals surface area contributed by atoms with E-state index in [4.69, 9.17) is 33.4 Å². The normalized spacial score (nSPS) is 15.4. The van der Waals surface area contributed by atoms with Gasteiger partial charge in [-0.15, -0.1) is 0 Å². The van der Waals surface area contributed by atoms with E-state index >= 15 is 0 Å². The van der Waals surface area contributed by atoms with Crippen molar-refractivity contribution >= 4 is 45.4 Å². The molecule has 2 heterocycles. The SMILES string of the molecule is CC.CC.COc1ccc2c(c1)=NC(c1ccccc1)=C=CC=2O[C@@H]1CC=C[C@@H](C(=O)N[C@@H](CCOc2cccc(C[C@@H](CC(=O)OCCCS(C)(C)C)NC(=O)OCc3ccccc3)c2)C(=O)OCc2ccccc2)NC1. The highest BCUT2D eigenvalue weighted by molar-refractivity contribution is 8.32. The highest BCUT2D eigenvalue weighted by Crippen LogP contribution is 2.35. The quantitative estimate of drug-likeness (QED) is 0.0177. The molecule has 7 rings (SSSR count). The van der Waals surface area contributed by atoms with Gasteiger partial charge in [-0.25, -0.2) is 24.6 Å². The summed E-state index contributed by atoms with van der Waals surface area (Å²) in [5, 5.41) is 10.5. The van der Waals surface area contributed by atoms with Crippen LogP contribution in [0.4, 0.5) is 4.79 Å². The molecular formula is C63H78N4O10S. The van der Waals surface area contributed by atoms with Gasteiger partial charge in [0.05, 0.1) is 32.1 Å². The Morgan fingerprint density at radius 2 is 1.41 bits per heavy atom. The van der Waals surface area contributed by atoms with Crippen molar-refractivity contribution in [2.24, 2.45) is 4.99 Å². The smallest absolute Gasteiger partial charge is 0.407 e. The highest BCUT2D eigenvalue weighted by atomic mass is 32.3. The zero-order valence-corrected chi connectivity index (χ0v) is 47.3. The van der Waals surface area contributed by atoms with Gasteiger partial charge in [0.25, 0.3) is 0 Å². The predicted octanol–water partition coefficient (Wildman–Crippen LogP) is 9.54. The number of nitrogens with zero attached hydrogens (tertiary/aromatic N) is 1. The van der Waals surface area contributed by atoms with Gasteiger partial charge in [-0.2, -0.15) is 0 Å². The maximum Gasteiger partial charge on any atom is 0.407 e. The number of fused-ring (bicyclic) bond motifs is 1.